The molecule has 6 nitrogen and oxygen atoms in total. The van der Waals surface area contributed by atoms with Crippen LogP contribution < -0.4 is 0 Å². The van der Waals surface area contributed by atoms with E-state index >= 15 is 0 Å². The van der Waals surface area contributed by atoms with E-state index in [0.717, 1.165) is 116 Å². The molecule has 65 heavy (non-hydrogen) atoms. The van der Waals surface area contributed by atoms with E-state index in [1.165, 1.54) is 0 Å². The Bertz CT molecular complexity index is 1470. The molecule has 6 heteroatoms. The lowest BCUT2D eigenvalue weighted by Crippen LogP contribution is -2.30. The van der Waals surface area contributed by atoms with Crippen LogP contribution in [0.3, 0.4) is 0 Å². The Hall–Kier alpha value is -4.97. The van der Waals surface area contributed by atoms with Gasteiger partial charge >= 0.3 is 17.9 Å². The Morgan fingerprint density at radius 1 is 0.308 bits per heavy atom. The maximum atomic E-state index is 12.8. The van der Waals surface area contributed by atoms with Crippen molar-refractivity contribution in [1.82, 2.24) is 0 Å². The second kappa shape index (κ2) is 51.7. The molecule has 0 aromatic rings. The minimum atomic E-state index is -0.849. The molecule has 0 amide bonds. The van der Waals surface area contributed by atoms with Gasteiger partial charge in [-0.25, -0.2) is 0 Å². The first-order chi connectivity index (χ1) is 32.0. The summed E-state index contributed by atoms with van der Waals surface area (Å²) in [5.74, 6) is -1.10. The molecule has 0 bridgehead atoms. The van der Waals surface area contributed by atoms with Crippen molar-refractivity contribution < 1.29 is 28.6 Å². The summed E-state index contributed by atoms with van der Waals surface area (Å²) in [4.78, 5) is 37.9. The third-order valence-electron chi connectivity index (χ3n) is 9.51. The van der Waals surface area contributed by atoms with Gasteiger partial charge in [0.05, 0.1) is 0 Å². The van der Waals surface area contributed by atoms with Gasteiger partial charge in [0.15, 0.2) is 6.10 Å². The van der Waals surface area contributed by atoms with Gasteiger partial charge in [0.25, 0.3) is 0 Å². The molecule has 0 atom stereocenters. The van der Waals surface area contributed by atoms with Crippen LogP contribution in [0.5, 0.6) is 0 Å². The molecule has 360 valence electrons. The first-order valence-electron chi connectivity index (χ1n) is 25.0. The summed E-state index contributed by atoms with van der Waals surface area (Å²) in [6, 6.07) is 0. The predicted molar refractivity (Wildman–Crippen MR) is 278 cm³/mol. The third-order valence-corrected chi connectivity index (χ3v) is 9.51. The normalized spacial score (nSPS) is 13.0. The molecule has 0 spiro atoms. The van der Waals surface area contributed by atoms with E-state index in [2.05, 4.69) is 179 Å². The Morgan fingerprint density at radius 3 is 0.846 bits per heavy atom. The lowest BCUT2D eigenvalue weighted by atomic mass is 10.2. The lowest BCUT2D eigenvalue weighted by Gasteiger charge is -2.18. The Labute approximate surface area is 397 Å². The average Bonchev–Trinajstić information content (AvgIpc) is 3.30. The highest BCUT2D eigenvalue weighted by Crippen LogP contribution is 2.09. The van der Waals surface area contributed by atoms with Crippen LogP contribution in [0, 0.1) is 0 Å². The van der Waals surface area contributed by atoms with Gasteiger partial charge in [-0.3, -0.25) is 14.4 Å². The summed E-state index contributed by atoms with van der Waals surface area (Å²) in [5, 5.41) is 0. The Kier molecular flexibility index (Phi) is 47.7. The second-order valence-electron chi connectivity index (χ2n) is 15.6. The lowest BCUT2D eigenvalue weighted by molar-refractivity contribution is -0.167. The van der Waals surface area contributed by atoms with Crippen LogP contribution in [0.4, 0.5) is 0 Å². The number of hydrogen-bond donors (Lipinski definition) is 0. The molecule has 0 aliphatic heterocycles. The minimum Gasteiger partial charge on any atom is -0.462 e. The molecule has 0 radical (unpaired) electrons. The molecule has 0 fully saturated rings. The van der Waals surface area contributed by atoms with Gasteiger partial charge in [0.1, 0.15) is 13.2 Å². The third kappa shape index (κ3) is 49.9. The fraction of sp³-hybridized carbons (Fsp3) is 0.508. The number of ether oxygens (including phenoxy) is 3. The van der Waals surface area contributed by atoms with Crippen molar-refractivity contribution in [2.45, 2.75) is 181 Å². The molecule has 0 aromatic heterocycles. The summed E-state index contributed by atoms with van der Waals surface area (Å²) in [6.07, 6.45) is 75.2. The summed E-state index contributed by atoms with van der Waals surface area (Å²) in [7, 11) is 0. The van der Waals surface area contributed by atoms with Crippen LogP contribution in [-0.2, 0) is 28.6 Å². The molecule has 0 unspecified atom stereocenters. The fourth-order valence-corrected chi connectivity index (χ4v) is 5.87. The van der Waals surface area contributed by atoms with Crippen LogP contribution in [0.15, 0.2) is 158 Å². The van der Waals surface area contributed by atoms with Crippen LogP contribution in [-0.4, -0.2) is 37.2 Å². The number of unbranched alkanes of at least 4 members (excludes halogenated alkanes) is 5. The first-order valence-corrected chi connectivity index (χ1v) is 25.0. The van der Waals surface area contributed by atoms with Crippen LogP contribution in [0.25, 0.3) is 0 Å². The number of carbonyl (C=O) groups excluding carboxylic acids is 3. The van der Waals surface area contributed by atoms with Gasteiger partial charge in [-0.1, -0.05) is 179 Å². The molecule has 0 saturated heterocycles. The highest BCUT2D eigenvalue weighted by atomic mass is 16.6. The van der Waals surface area contributed by atoms with Crippen molar-refractivity contribution in [2.24, 2.45) is 0 Å². The standard InChI is InChI=1S/C59H88O6/c1-4-7-10-13-16-19-22-25-28-29-32-35-38-41-44-47-50-53-59(62)65-56(54-63-57(60)51-48-45-42-39-36-33-30-26-23-20-17-14-11-8-5-2)55-64-58(61)52-49-46-43-40-37-34-31-27-24-21-18-15-12-9-6-3/h7-12,16-21,25-28,30-32,35-37,39-41,44,56H,4-6,13-15,22-24,29,33-34,38,42-43,45-55H2,1-3H3/b10-7-,11-8-,12-9-,19-16-,20-17-,21-18-,28-25-,30-26-,31-27-,35-32-,39-36-,40-37-,44-41-. The van der Waals surface area contributed by atoms with Gasteiger partial charge < -0.3 is 14.2 Å². The predicted octanol–water partition coefficient (Wildman–Crippen LogP) is 16.6. The summed E-state index contributed by atoms with van der Waals surface area (Å²) in [5.41, 5.74) is 0. The van der Waals surface area contributed by atoms with Gasteiger partial charge in [-0.2, -0.15) is 0 Å². The molecule has 0 aromatic carbocycles. The molecule has 0 aliphatic carbocycles. The quantitative estimate of drug-likeness (QED) is 0.0263. The van der Waals surface area contributed by atoms with E-state index in [-0.39, 0.29) is 44.4 Å². The van der Waals surface area contributed by atoms with Crippen molar-refractivity contribution in [3.05, 3.63) is 158 Å². The number of hydrogen-bond acceptors (Lipinski definition) is 6. The highest BCUT2D eigenvalue weighted by Gasteiger charge is 2.19. The van der Waals surface area contributed by atoms with Crippen molar-refractivity contribution in [3.63, 3.8) is 0 Å². The monoisotopic (exact) mass is 893 g/mol. The number of rotatable bonds is 42. The van der Waals surface area contributed by atoms with Crippen molar-refractivity contribution in [2.75, 3.05) is 13.2 Å². The molecule has 0 heterocycles. The SMILES string of the molecule is CC/C=C\C/C=C\C/C=C\C/C=C\C/C=C\CCCC(=O)OC(COC(=O)CCCC/C=C\C/C=C\C/C=C\C/C=C\CC)COC(=O)CCCC/C=C\C/C=C\C/C=C\C/C=C\CC. The van der Waals surface area contributed by atoms with E-state index < -0.39 is 12.1 Å². The van der Waals surface area contributed by atoms with Crippen molar-refractivity contribution >= 4 is 17.9 Å². The largest absolute Gasteiger partial charge is 0.462 e. The van der Waals surface area contributed by atoms with E-state index in [4.69, 9.17) is 14.2 Å². The van der Waals surface area contributed by atoms with Gasteiger partial charge in [0, 0.05) is 19.3 Å². The molecule has 0 rings (SSSR count). The van der Waals surface area contributed by atoms with Crippen LogP contribution in [0.1, 0.15) is 175 Å². The molecule has 0 saturated carbocycles. The average molecular weight is 893 g/mol. The first kappa shape index (κ1) is 60.0. The summed E-state index contributed by atoms with van der Waals surface area (Å²) < 4.78 is 16.7. The van der Waals surface area contributed by atoms with Gasteiger partial charge in [0.2, 0.25) is 0 Å². The zero-order valence-electron chi connectivity index (χ0n) is 40.9. The van der Waals surface area contributed by atoms with Crippen molar-refractivity contribution in [3.8, 4) is 0 Å². The molecular formula is C59H88O6. The Balaban J connectivity index is 4.66. The fourth-order valence-electron chi connectivity index (χ4n) is 5.87. The van der Waals surface area contributed by atoms with Crippen LogP contribution >= 0.6 is 0 Å². The molecule has 0 N–H and O–H groups in total. The minimum absolute atomic E-state index is 0.144. The van der Waals surface area contributed by atoms with E-state index in [0.29, 0.717) is 19.3 Å². The number of carbonyl (C=O) groups is 3. The topological polar surface area (TPSA) is 78.9 Å². The van der Waals surface area contributed by atoms with Gasteiger partial charge in [-0.05, 0) is 135 Å². The maximum absolute atomic E-state index is 12.8. The van der Waals surface area contributed by atoms with Crippen molar-refractivity contribution in [1.29, 1.82) is 0 Å². The zero-order chi connectivity index (χ0) is 47.2. The smallest absolute Gasteiger partial charge is 0.306 e. The van der Waals surface area contributed by atoms with Crippen LogP contribution in [0.2, 0.25) is 0 Å². The summed E-state index contributed by atoms with van der Waals surface area (Å²) in [6.45, 7) is 6.14. The maximum Gasteiger partial charge on any atom is 0.306 e. The molecule has 0 aliphatic rings. The van der Waals surface area contributed by atoms with E-state index in [1.54, 1.807) is 0 Å². The van der Waals surface area contributed by atoms with E-state index in [1.807, 2.05) is 0 Å². The second-order valence-corrected chi connectivity index (χ2v) is 15.6. The number of esters is 3. The highest BCUT2D eigenvalue weighted by molar-refractivity contribution is 5.71. The zero-order valence-corrected chi connectivity index (χ0v) is 40.9. The number of allylic oxidation sites excluding steroid dienone is 26. The van der Waals surface area contributed by atoms with E-state index in [9.17, 15) is 14.4 Å². The molecular weight excluding hydrogens is 805 g/mol. The van der Waals surface area contributed by atoms with Gasteiger partial charge in [-0.15, -0.1) is 0 Å². The summed E-state index contributed by atoms with van der Waals surface area (Å²) >= 11 is 0. The Morgan fingerprint density at radius 2 is 0.554 bits per heavy atom.